The Balaban J connectivity index is 1.38. The van der Waals surface area contributed by atoms with Crippen molar-refractivity contribution < 1.29 is 23.9 Å². The molecular formula is C24H24N2O5S. The minimum atomic E-state index is -0.449. The smallest absolute Gasteiger partial charge is 0.294 e. The summed E-state index contributed by atoms with van der Waals surface area (Å²) in [6.07, 6.45) is 3.56. The lowest BCUT2D eigenvalue weighted by Gasteiger charge is -2.18. The monoisotopic (exact) mass is 452 g/mol. The number of benzene rings is 2. The summed E-state index contributed by atoms with van der Waals surface area (Å²) in [5.74, 6) is 0.716. The second kappa shape index (κ2) is 10.4. The number of likely N-dealkylation sites (tertiary alicyclic amines) is 1. The Bertz CT molecular complexity index is 1020. The first-order valence-electron chi connectivity index (χ1n) is 10.5. The molecule has 0 radical (unpaired) electrons. The molecule has 2 heterocycles. The van der Waals surface area contributed by atoms with Crippen LogP contribution in [-0.2, 0) is 9.59 Å². The fourth-order valence-corrected chi connectivity index (χ4v) is 4.37. The fourth-order valence-electron chi connectivity index (χ4n) is 3.54. The molecule has 3 amide bonds. The molecule has 0 N–H and O–H groups in total. The Morgan fingerprint density at radius 2 is 1.62 bits per heavy atom. The molecule has 2 aliphatic rings. The molecule has 0 atom stereocenters. The van der Waals surface area contributed by atoms with Gasteiger partial charge in [-0.15, -0.1) is 0 Å². The van der Waals surface area contributed by atoms with Crippen LogP contribution in [0.5, 0.6) is 11.5 Å². The lowest BCUT2D eigenvalue weighted by molar-refractivity contribution is -0.135. The highest BCUT2D eigenvalue weighted by molar-refractivity contribution is 8.18. The third kappa shape index (κ3) is 5.31. The first-order valence-corrected chi connectivity index (χ1v) is 11.4. The minimum absolute atomic E-state index is 0.187. The van der Waals surface area contributed by atoms with E-state index in [1.807, 2.05) is 48.5 Å². The van der Waals surface area contributed by atoms with Crippen LogP contribution in [0.4, 0.5) is 4.79 Å². The van der Waals surface area contributed by atoms with Gasteiger partial charge in [0.15, 0.2) is 0 Å². The summed E-state index contributed by atoms with van der Waals surface area (Å²) in [4.78, 5) is 40.5. The average Bonchev–Trinajstić information content (AvgIpc) is 3.43. The van der Waals surface area contributed by atoms with Gasteiger partial charge in [0.25, 0.3) is 11.1 Å². The second-order valence-corrected chi connectivity index (χ2v) is 8.40. The quantitative estimate of drug-likeness (QED) is 0.448. The van der Waals surface area contributed by atoms with Gasteiger partial charge in [-0.1, -0.05) is 36.4 Å². The molecule has 0 unspecified atom stereocenters. The minimum Gasteiger partial charge on any atom is -0.490 e. The lowest BCUT2D eigenvalue weighted by atomic mass is 10.2. The highest BCUT2D eigenvalue weighted by atomic mass is 32.2. The van der Waals surface area contributed by atoms with Crippen LogP contribution in [0, 0.1) is 0 Å². The third-order valence-corrected chi connectivity index (χ3v) is 6.09. The van der Waals surface area contributed by atoms with Crippen molar-refractivity contribution in [2.75, 3.05) is 32.8 Å². The van der Waals surface area contributed by atoms with Crippen molar-refractivity contribution in [1.82, 2.24) is 9.80 Å². The summed E-state index contributed by atoms with van der Waals surface area (Å²) in [6.45, 7) is 1.85. The number of carbonyl (C=O) groups excluding carboxylic acids is 3. The van der Waals surface area contributed by atoms with Crippen molar-refractivity contribution in [1.29, 1.82) is 0 Å². The molecule has 2 fully saturated rings. The van der Waals surface area contributed by atoms with Gasteiger partial charge in [0, 0.05) is 18.7 Å². The number of rotatable bonds is 8. The predicted octanol–water partition coefficient (Wildman–Crippen LogP) is 3.80. The van der Waals surface area contributed by atoms with Crippen molar-refractivity contribution in [2.24, 2.45) is 0 Å². The maximum atomic E-state index is 12.8. The number of para-hydroxylation sites is 2. The first kappa shape index (κ1) is 22.0. The molecule has 0 aliphatic carbocycles. The van der Waals surface area contributed by atoms with E-state index in [-0.39, 0.29) is 17.4 Å². The van der Waals surface area contributed by atoms with E-state index in [0.717, 1.165) is 35.3 Å². The van der Waals surface area contributed by atoms with Crippen LogP contribution in [0.3, 0.4) is 0 Å². The van der Waals surface area contributed by atoms with E-state index in [4.69, 9.17) is 9.47 Å². The topological polar surface area (TPSA) is 76.1 Å². The molecular weight excluding hydrogens is 428 g/mol. The Labute approximate surface area is 191 Å². The van der Waals surface area contributed by atoms with Gasteiger partial charge >= 0.3 is 0 Å². The van der Waals surface area contributed by atoms with E-state index in [2.05, 4.69) is 0 Å². The van der Waals surface area contributed by atoms with Crippen molar-refractivity contribution in [3.63, 3.8) is 0 Å². The summed E-state index contributed by atoms with van der Waals surface area (Å²) < 4.78 is 11.5. The van der Waals surface area contributed by atoms with Crippen LogP contribution in [0.2, 0.25) is 0 Å². The van der Waals surface area contributed by atoms with E-state index in [1.54, 1.807) is 17.0 Å². The molecule has 166 valence electrons. The molecule has 8 heteroatoms. The SMILES string of the molecule is O=C(CN1C(=O)S/C(=C\c2ccccc2OCCOc2ccccc2)C1=O)N1CCCC1. The second-order valence-electron chi connectivity index (χ2n) is 7.40. The number of nitrogens with zero attached hydrogens (tertiary/aromatic N) is 2. The van der Waals surface area contributed by atoms with E-state index < -0.39 is 11.1 Å². The van der Waals surface area contributed by atoms with E-state index in [9.17, 15) is 14.4 Å². The van der Waals surface area contributed by atoms with Crippen LogP contribution in [0.1, 0.15) is 18.4 Å². The van der Waals surface area contributed by atoms with Crippen LogP contribution >= 0.6 is 11.8 Å². The van der Waals surface area contributed by atoms with Crippen molar-refractivity contribution in [3.8, 4) is 11.5 Å². The maximum absolute atomic E-state index is 12.8. The standard InChI is InChI=1S/C24H24N2O5S/c27-22(25-12-6-7-13-25)17-26-23(28)21(32-24(26)29)16-18-8-4-5-11-20(18)31-15-14-30-19-9-2-1-3-10-19/h1-5,8-11,16H,6-7,12-15,17H2/b21-16-. The van der Waals surface area contributed by atoms with E-state index in [1.165, 1.54) is 0 Å². The molecule has 0 aromatic heterocycles. The van der Waals surface area contributed by atoms with Crippen LogP contribution in [0.25, 0.3) is 6.08 Å². The maximum Gasteiger partial charge on any atom is 0.294 e. The van der Waals surface area contributed by atoms with Gasteiger partial charge < -0.3 is 14.4 Å². The molecule has 0 saturated carbocycles. The molecule has 2 saturated heterocycles. The van der Waals surface area contributed by atoms with E-state index >= 15 is 0 Å². The molecule has 0 spiro atoms. The van der Waals surface area contributed by atoms with E-state index in [0.29, 0.717) is 37.6 Å². The zero-order valence-corrected chi connectivity index (χ0v) is 18.4. The lowest BCUT2D eigenvalue weighted by Crippen LogP contribution is -2.40. The summed E-state index contributed by atoms with van der Waals surface area (Å²) in [6, 6.07) is 16.8. The molecule has 2 aromatic carbocycles. The number of ether oxygens (including phenoxy) is 2. The van der Waals surface area contributed by atoms with Crippen LogP contribution < -0.4 is 9.47 Å². The highest BCUT2D eigenvalue weighted by Gasteiger charge is 2.37. The summed E-state index contributed by atoms with van der Waals surface area (Å²) in [5, 5.41) is -0.427. The van der Waals surface area contributed by atoms with Gasteiger partial charge in [-0.25, -0.2) is 0 Å². The molecule has 2 aromatic rings. The predicted molar refractivity (Wildman–Crippen MR) is 122 cm³/mol. The van der Waals surface area contributed by atoms with Gasteiger partial charge in [-0.05, 0) is 48.9 Å². The van der Waals surface area contributed by atoms with Gasteiger partial charge in [0.1, 0.15) is 31.3 Å². The average molecular weight is 453 g/mol. The summed E-state index contributed by atoms with van der Waals surface area (Å²) in [5.41, 5.74) is 0.684. The number of carbonyl (C=O) groups is 3. The first-order chi connectivity index (χ1) is 15.6. The molecule has 4 rings (SSSR count). The Morgan fingerprint density at radius 1 is 0.938 bits per heavy atom. The van der Waals surface area contributed by atoms with Gasteiger partial charge in [-0.3, -0.25) is 19.3 Å². The summed E-state index contributed by atoms with van der Waals surface area (Å²) >= 11 is 0.843. The molecule has 32 heavy (non-hydrogen) atoms. The van der Waals surface area contributed by atoms with Crippen molar-refractivity contribution in [3.05, 3.63) is 65.1 Å². The molecule has 2 aliphatic heterocycles. The van der Waals surface area contributed by atoms with Crippen molar-refractivity contribution in [2.45, 2.75) is 12.8 Å². The number of amides is 3. The van der Waals surface area contributed by atoms with Gasteiger partial charge in [-0.2, -0.15) is 0 Å². The zero-order valence-electron chi connectivity index (χ0n) is 17.6. The largest absolute Gasteiger partial charge is 0.490 e. The number of hydrogen-bond donors (Lipinski definition) is 0. The van der Waals surface area contributed by atoms with Crippen molar-refractivity contribution >= 4 is 34.9 Å². The number of hydrogen-bond acceptors (Lipinski definition) is 6. The van der Waals surface area contributed by atoms with Crippen LogP contribution in [-0.4, -0.2) is 59.7 Å². The normalized spacial score (nSPS) is 17.3. The molecule has 0 bridgehead atoms. The number of thioether (sulfide) groups is 1. The number of imide groups is 1. The highest BCUT2D eigenvalue weighted by Crippen LogP contribution is 2.34. The molecule has 7 nitrogen and oxygen atoms in total. The summed E-state index contributed by atoms with van der Waals surface area (Å²) in [7, 11) is 0. The van der Waals surface area contributed by atoms with Crippen LogP contribution in [0.15, 0.2) is 59.5 Å². The fraction of sp³-hybridized carbons (Fsp3) is 0.292. The third-order valence-electron chi connectivity index (χ3n) is 5.18. The van der Waals surface area contributed by atoms with Gasteiger partial charge in [0.2, 0.25) is 5.91 Å². The van der Waals surface area contributed by atoms with Gasteiger partial charge in [0.05, 0.1) is 4.91 Å². The zero-order chi connectivity index (χ0) is 22.3. The Morgan fingerprint density at radius 3 is 2.41 bits per heavy atom. The Hall–Kier alpha value is -3.26. The Kier molecular flexibility index (Phi) is 7.11.